The van der Waals surface area contributed by atoms with E-state index in [1.54, 1.807) is 31.2 Å². The Morgan fingerprint density at radius 3 is 2.88 bits per heavy atom. The zero-order valence-electron chi connectivity index (χ0n) is 14.0. The van der Waals surface area contributed by atoms with Crippen LogP contribution < -0.4 is 5.32 Å². The summed E-state index contributed by atoms with van der Waals surface area (Å²) in [6.07, 6.45) is 2.04. The van der Waals surface area contributed by atoms with Crippen LogP contribution in [0.3, 0.4) is 0 Å². The fourth-order valence-electron chi connectivity index (χ4n) is 2.21. The Morgan fingerprint density at radius 1 is 1.36 bits per heavy atom. The minimum absolute atomic E-state index is 0.195. The fraction of sp³-hybridized carbons (Fsp3) is 0.400. The normalized spacial score (nSPS) is 23.4. The number of benzene rings is 1. The van der Waals surface area contributed by atoms with Gasteiger partial charge < -0.3 is 15.2 Å². The maximum atomic E-state index is 12.3. The molecule has 25 heavy (non-hydrogen) atoms. The standard InChI is InChI=1S/C20H19NO4/c1-2-18(22)25-17-13-20(17,24)21-19(23)16-9-5-8-15(12-16)7-4-3-6-14-10-11-14/h5,8-9,12,14,17,24H,2,10-11,13H2,1H3,(H,21,23). The monoisotopic (exact) mass is 337 g/mol. The van der Waals surface area contributed by atoms with E-state index in [-0.39, 0.29) is 12.8 Å². The van der Waals surface area contributed by atoms with Crippen molar-refractivity contribution in [3.05, 3.63) is 35.4 Å². The van der Waals surface area contributed by atoms with Crippen LogP contribution in [-0.2, 0) is 9.53 Å². The molecule has 1 aromatic rings. The van der Waals surface area contributed by atoms with Crippen LogP contribution in [0.4, 0.5) is 0 Å². The van der Waals surface area contributed by atoms with Crippen LogP contribution in [0.25, 0.3) is 0 Å². The Morgan fingerprint density at radius 2 is 2.16 bits per heavy atom. The Bertz CT molecular complexity index is 819. The van der Waals surface area contributed by atoms with Crippen molar-refractivity contribution in [2.24, 2.45) is 5.92 Å². The van der Waals surface area contributed by atoms with Gasteiger partial charge in [-0.1, -0.05) is 24.8 Å². The van der Waals surface area contributed by atoms with Crippen LogP contribution >= 0.6 is 0 Å². The third kappa shape index (κ3) is 4.62. The van der Waals surface area contributed by atoms with Gasteiger partial charge in [-0.2, -0.15) is 0 Å². The molecule has 0 aliphatic heterocycles. The number of esters is 1. The van der Waals surface area contributed by atoms with E-state index in [0.29, 0.717) is 17.0 Å². The van der Waals surface area contributed by atoms with Gasteiger partial charge in [0.2, 0.25) is 0 Å². The molecule has 128 valence electrons. The molecule has 1 amide bonds. The second kappa shape index (κ2) is 7.01. The summed E-state index contributed by atoms with van der Waals surface area (Å²) >= 11 is 0. The van der Waals surface area contributed by atoms with Gasteiger partial charge in [-0.15, -0.1) is 0 Å². The van der Waals surface area contributed by atoms with Gasteiger partial charge >= 0.3 is 5.97 Å². The SMILES string of the molecule is CCC(=O)OC1CC1(O)NC(=O)c1cccc(C#CC#CC2CC2)c1. The Labute approximate surface area is 146 Å². The van der Waals surface area contributed by atoms with Crippen LogP contribution in [0.15, 0.2) is 24.3 Å². The van der Waals surface area contributed by atoms with E-state index >= 15 is 0 Å². The lowest BCUT2D eigenvalue weighted by atomic mass is 10.1. The molecule has 2 saturated carbocycles. The first kappa shape index (κ1) is 17.1. The Kier molecular flexibility index (Phi) is 4.79. The Hall–Kier alpha value is -2.76. The maximum absolute atomic E-state index is 12.3. The average Bonchev–Trinajstić information content (AvgIpc) is 3.51. The van der Waals surface area contributed by atoms with E-state index in [4.69, 9.17) is 4.74 Å². The van der Waals surface area contributed by atoms with Crippen molar-refractivity contribution in [1.82, 2.24) is 5.32 Å². The number of hydrogen-bond acceptors (Lipinski definition) is 4. The molecular formula is C20H19NO4. The lowest BCUT2D eigenvalue weighted by Crippen LogP contribution is -2.40. The van der Waals surface area contributed by atoms with E-state index in [1.807, 2.05) is 0 Å². The molecule has 3 rings (SSSR count). The molecule has 5 heteroatoms. The molecule has 0 saturated heterocycles. The number of carbonyl (C=O) groups is 2. The molecule has 2 aliphatic carbocycles. The highest BCUT2D eigenvalue weighted by Gasteiger charge is 2.57. The van der Waals surface area contributed by atoms with Crippen molar-refractivity contribution in [2.75, 3.05) is 0 Å². The van der Waals surface area contributed by atoms with Crippen molar-refractivity contribution >= 4 is 11.9 Å². The molecule has 2 unspecified atom stereocenters. The number of amides is 1. The Balaban J connectivity index is 1.60. The van der Waals surface area contributed by atoms with Gasteiger partial charge in [0, 0.05) is 29.9 Å². The van der Waals surface area contributed by atoms with E-state index in [0.717, 1.165) is 12.8 Å². The van der Waals surface area contributed by atoms with E-state index in [1.165, 1.54) is 0 Å². The third-order valence-corrected chi connectivity index (χ3v) is 4.01. The number of nitrogens with one attached hydrogen (secondary N) is 1. The molecule has 0 bridgehead atoms. The van der Waals surface area contributed by atoms with Crippen molar-refractivity contribution < 1.29 is 19.4 Å². The van der Waals surface area contributed by atoms with Crippen LogP contribution in [0.2, 0.25) is 0 Å². The molecule has 2 fully saturated rings. The second-order valence-corrected chi connectivity index (χ2v) is 6.29. The van der Waals surface area contributed by atoms with Crippen LogP contribution in [0.5, 0.6) is 0 Å². The quantitative estimate of drug-likeness (QED) is 0.497. The average molecular weight is 337 g/mol. The van der Waals surface area contributed by atoms with Crippen molar-refractivity contribution in [3.8, 4) is 23.7 Å². The molecule has 0 heterocycles. The molecule has 0 spiro atoms. The van der Waals surface area contributed by atoms with Crippen LogP contribution in [-0.4, -0.2) is 28.8 Å². The molecule has 2 N–H and O–H groups in total. The summed E-state index contributed by atoms with van der Waals surface area (Å²) < 4.78 is 5.04. The van der Waals surface area contributed by atoms with Gasteiger partial charge in [-0.05, 0) is 42.9 Å². The first-order valence-electron chi connectivity index (χ1n) is 8.36. The van der Waals surface area contributed by atoms with Gasteiger partial charge in [0.1, 0.15) is 0 Å². The summed E-state index contributed by atoms with van der Waals surface area (Å²) in [5, 5.41) is 12.7. The van der Waals surface area contributed by atoms with Gasteiger partial charge in [-0.3, -0.25) is 9.59 Å². The largest absolute Gasteiger partial charge is 0.457 e. The minimum Gasteiger partial charge on any atom is -0.457 e. The highest BCUT2D eigenvalue weighted by Crippen LogP contribution is 2.36. The van der Waals surface area contributed by atoms with Crippen molar-refractivity contribution in [2.45, 2.75) is 44.4 Å². The summed E-state index contributed by atoms with van der Waals surface area (Å²) in [5.74, 6) is 11.2. The van der Waals surface area contributed by atoms with Crippen LogP contribution in [0, 0.1) is 29.6 Å². The van der Waals surface area contributed by atoms with Gasteiger partial charge in [0.05, 0.1) is 0 Å². The van der Waals surface area contributed by atoms with Crippen molar-refractivity contribution in [1.29, 1.82) is 0 Å². The molecular weight excluding hydrogens is 318 g/mol. The van der Waals surface area contributed by atoms with Gasteiger partial charge in [-0.25, -0.2) is 0 Å². The summed E-state index contributed by atoms with van der Waals surface area (Å²) in [6, 6.07) is 6.79. The number of hydrogen-bond donors (Lipinski definition) is 2. The first-order chi connectivity index (χ1) is 12.0. The second-order valence-electron chi connectivity index (χ2n) is 6.29. The predicted octanol–water partition coefficient (Wildman–Crippen LogP) is 1.60. The molecule has 2 atom stereocenters. The number of carbonyl (C=O) groups excluding carboxylic acids is 2. The summed E-state index contributed by atoms with van der Waals surface area (Å²) in [4.78, 5) is 23.5. The van der Waals surface area contributed by atoms with E-state index < -0.39 is 23.7 Å². The van der Waals surface area contributed by atoms with Gasteiger partial charge in [0.25, 0.3) is 5.91 Å². The summed E-state index contributed by atoms with van der Waals surface area (Å²) in [7, 11) is 0. The third-order valence-electron chi connectivity index (χ3n) is 4.01. The number of aliphatic hydroxyl groups is 1. The number of ether oxygens (including phenoxy) is 1. The minimum atomic E-state index is -1.49. The predicted molar refractivity (Wildman–Crippen MR) is 91.0 cm³/mol. The first-order valence-corrected chi connectivity index (χ1v) is 8.36. The topological polar surface area (TPSA) is 75.6 Å². The molecule has 5 nitrogen and oxygen atoms in total. The lowest BCUT2D eigenvalue weighted by Gasteiger charge is -2.13. The van der Waals surface area contributed by atoms with Crippen LogP contribution in [0.1, 0.15) is 48.5 Å². The highest BCUT2D eigenvalue weighted by atomic mass is 16.6. The zero-order valence-corrected chi connectivity index (χ0v) is 14.0. The molecule has 0 radical (unpaired) electrons. The lowest BCUT2D eigenvalue weighted by molar-refractivity contribution is -0.147. The summed E-state index contributed by atoms with van der Waals surface area (Å²) in [6.45, 7) is 1.67. The maximum Gasteiger partial charge on any atom is 0.305 e. The number of rotatable bonds is 4. The van der Waals surface area contributed by atoms with E-state index in [2.05, 4.69) is 29.0 Å². The fourth-order valence-corrected chi connectivity index (χ4v) is 2.21. The smallest absolute Gasteiger partial charge is 0.305 e. The van der Waals surface area contributed by atoms with Gasteiger partial charge in [0.15, 0.2) is 11.8 Å². The molecule has 2 aliphatic rings. The van der Waals surface area contributed by atoms with Crippen molar-refractivity contribution in [3.63, 3.8) is 0 Å². The molecule has 0 aromatic heterocycles. The molecule has 1 aromatic carbocycles. The summed E-state index contributed by atoms with van der Waals surface area (Å²) in [5.41, 5.74) is -0.434. The van der Waals surface area contributed by atoms with E-state index in [9.17, 15) is 14.7 Å². The highest BCUT2D eigenvalue weighted by molar-refractivity contribution is 5.95. The zero-order chi connectivity index (χ0) is 17.9.